The highest BCUT2D eigenvalue weighted by atomic mass is 16.8. The minimum absolute atomic E-state index is 0.284. The maximum absolute atomic E-state index is 9.94. The van der Waals surface area contributed by atoms with E-state index in [4.69, 9.17) is 24.1 Å². The summed E-state index contributed by atoms with van der Waals surface area (Å²) in [5, 5.41) is 19.0. The fraction of sp³-hybridized carbons (Fsp3) is 1.00. The van der Waals surface area contributed by atoms with Crippen LogP contribution in [0.1, 0.15) is 13.8 Å². The van der Waals surface area contributed by atoms with Gasteiger partial charge in [-0.15, -0.1) is 0 Å². The number of hydrogen-bond donors (Lipinski definition) is 2. The summed E-state index contributed by atoms with van der Waals surface area (Å²) >= 11 is 0. The summed E-state index contributed by atoms with van der Waals surface area (Å²) in [4.78, 5) is 0. The zero-order valence-electron chi connectivity index (χ0n) is 9.62. The molecule has 2 saturated heterocycles. The number of ether oxygens (including phenoxy) is 4. The maximum Gasteiger partial charge on any atom is 0.186 e. The van der Waals surface area contributed by atoms with Gasteiger partial charge in [-0.1, -0.05) is 0 Å². The highest BCUT2D eigenvalue weighted by Crippen LogP contribution is 2.37. The number of fused-ring (bicyclic) bond motifs is 1. The number of methoxy groups -OCH3 is 1. The lowest BCUT2D eigenvalue weighted by atomic mass is 9.99. The summed E-state index contributed by atoms with van der Waals surface area (Å²) < 4.78 is 21.7. The van der Waals surface area contributed by atoms with Crippen molar-refractivity contribution in [2.45, 2.75) is 50.3 Å². The zero-order valence-corrected chi connectivity index (χ0v) is 9.62. The van der Waals surface area contributed by atoms with Gasteiger partial charge >= 0.3 is 0 Å². The lowest BCUT2D eigenvalue weighted by Crippen LogP contribution is -2.57. The van der Waals surface area contributed by atoms with Crippen molar-refractivity contribution in [2.24, 2.45) is 0 Å². The van der Waals surface area contributed by atoms with Crippen molar-refractivity contribution in [3.05, 3.63) is 0 Å². The third-order valence-corrected chi connectivity index (χ3v) is 2.87. The molecule has 0 aliphatic carbocycles. The smallest absolute Gasteiger partial charge is 0.186 e. The molecule has 16 heavy (non-hydrogen) atoms. The molecule has 6 heteroatoms. The first-order valence-electron chi connectivity index (χ1n) is 5.31. The van der Waals surface area contributed by atoms with Gasteiger partial charge in [0.15, 0.2) is 12.1 Å². The molecule has 2 aliphatic rings. The Morgan fingerprint density at radius 1 is 1.25 bits per heavy atom. The predicted octanol–water partition coefficient (Wildman–Crippen LogP) is -0.769. The van der Waals surface area contributed by atoms with Crippen molar-refractivity contribution in [1.82, 2.24) is 0 Å². The Kier molecular flexibility index (Phi) is 3.22. The van der Waals surface area contributed by atoms with Gasteiger partial charge in [0.05, 0.1) is 6.61 Å². The van der Waals surface area contributed by atoms with E-state index in [2.05, 4.69) is 0 Å². The van der Waals surface area contributed by atoms with Crippen molar-refractivity contribution < 1.29 is 29.2 Å². The molecule has 0 aromatic rings. The summed E-state index contributed by atoms with van der Waals surface area (Å²) in [5.41, 5.74) is 0. The van der Waals surface area contributed by atoms with E-state index in [1.54, 1.807) is 13.8 Å². The third-order valence-electron chi connectivity index (χ3n) is 2.87. The lowest BCUT2D eigenvalue weighted by molar-refractivity contribution is -0.272. The van der Waals surface area contributed by atoms with E-state index in [1.807, 2.05) is 0 Å². The average molecular weight is 234 g/mol. The second-order valence-electron chi connectivity index (χ2n) is 4.52. The molecule has 0 aromatic heterocycles. The van der Waals surface area contributed by atoms with Crippen LogP contribution >= 0.6 is 0 Å². The molecule has 0 saturated carbocycles. The van der Waals surface area contributed by atoms with Crippen LogP contribution in [0, 0.1) is 0 Å². The topological polar surface area (TPSA) is 77.4 Å². The molecule has 2 rings (SSSR count). The van der Waals surface area contributed by atoms with Crippen molar-refractivity contribution in [3.8, 4) is 0 Å². The van der Waals surface area contributed by atoms with Gasteiger partial charge in [0.2, 0.25) is 0 Å². The number of aliphatic hydroxyl groups is 2. The molecule has 94 valence electrons. The SMILES string of the molecule is CO[C@H]1O[C@H](CO)[C@@H](O)[C@@H]2OC(C)(C)O[C@@H]12. The van der Waals surface area contributed by atoms with Gasteiger partial charge in [-0.05, 0) is 13.8 Å². The fourth-order valence-corrected chi connectivity index (χ4v) is 2.17. The molecule has 2 N–H and O–H groups in total. The molecule has 0 amide bonds. The van der Waals surface area contributed by atoms with Crippen LogP contribution in [-0.2, 0) is 18.9 Å². The second kappa shape index (κ2) is 4.21. The van der Waals surface area contributed by atoms with Crippen molar-refractivity contribution >= 4 is 0 Å². The van der Waals surface area contributed by atoms with Crippen LogP contribution in [-0.4, -0.2) is 60.4 Å². The summed E-state index contributed by atoms with van der Waals surface area (Å²) in [7, 11) is 1.49. The first-order chi connectivity index (χ1) is 7.48. The van der Waals surface area contributed by atoms with Gasteiger partial charge < -0.3 is 29.2 Å². The van der Waals surface area contributed by atoms with Crippen LogP contribution in [0.15, 0.2) is 0 Å². The highest BCUT2D eigenvalue weighted by Gasteiger charge is 2.54. The van der Waals surface area contributed by atoms with Crippen LogP contribution in [0.5, 0.6) is 0 Å². The standard InChI is InChI=1S/C10H18O6/c1-10(2)15-7-6(12)5(4-11)14-9(13-3)8(7)16-10/h5-9,11-12H,4H2,1-3H3/t5-,6-,7+,8-,9+/m1/s1. The van der Waals surface area contributed by atoms with Crippen molar-refractivity contribution in [1.29, 1.82) is 0 Å². The number of hydrogen-bond acceptors (Lipinski definition) is 6. The summed E-state index contributed by atoms with van der Waals surface area (Å²) in [6, 6.07) is 0. The second-order valence-corrected chi connectivity index (χ2v) is 4.52. The Labute approximate surface area is 94.1 Å². The molecule has 0 unspecified atom stereocenters. The van der Waals surface area contributed by atoms with Crippen LogP contribution in [0.2, 0.25) is 0 Å². The average Bonchev–Trinajstić information content (AvgIpc) is 2.55. The highest BCUT2D eigenvalue weighted by molar-refractivity contribution is 4.95. The van der Waals surface area contributed by atoms with E-state index in [0.29, 0.717) is 0 Å². The number of rotatable bonds is 2. The first-order valence-corrected chi connectivity index (χ1v) is 5.31. The molecule has 2 fully saturated rings. The normalized spacial score (nSPS) is 46.7. The van der Waals surface area contributed by atoms with E-state index < -0.39 is 36.5 Å². The van der Waals surface area contributed by atoms with E-state index in [0.717, 1.165) is 0 Å². The van der Waals surface area contributed by atoms with Gasteiger partial charge in [0.1, 0.15) is 24.4 Å². The summed E-state index contributed by atoms with van der Waals surface area (Å²) in [5.74, 6) is -0.777. The fourth-order valence-electron chi connectivity index (χ4n) is 2.17. The molecular formula is C10H18O6. The molecule has 6 nitrogen and oxygen atoms in total. The Morgan fingerprint density at radius 3 is 2.44 bits per heavy atom. The van der Waals surface area contributed by atoms with Gasteiger partial charge in [-0.3, -0.25) is 0 Å². The largest absolute Gasteiger partial charge is 0.394 e. The third kappa shape index (κ3) is 1.97. The summed E-state index contributed by atoms with van der Waals surface area (Å²) in [6.07, 6.45) is -3.26. The lowest BCUT2D eigenvalue weighted by Gasteiger charge is -2.38. The Hall–Kier alpha value is -0.240. The predicted molar refractivity (Wildman–Crippen MR) is 52.6 cm³/mol. The molecular weight excluding hydrogens is 216 g/mol. The summed E-state index contributed by atoms with van der Waals surface area (Å²) in [6.45, 7) is 3.24. The monoisotopic (exact) mass is 234 g/mol. The van der Waals surface area contributed by atoms with Crippen LogP contribution in [0.3, 0.4) is 0 Å². The van der Waals surface area contributed by atoms with Crippen molar-refractivity contribution in [2.75, 3.05) is 13.7 Å². The Morgan fingerprint density at radius 2 is 1.88 bits per heavy atom. The van der Waals surface area contributed by atoms with E-state index in [9.17, 15) is 5.11 Å². The van der Waals surface area contributed by atoms with Crippen molar-refractivity contribution in [3.63, 3.8) is 0 Å². The van der Waals surface area contributed by atoms with Crippen LogP contribution in [0.25, 0.3) is 0 Å². The van der Waals surface area contributed by atoms with Gasteiger partial charge in [0.25, 0.3) is 0 Å². The quantitative estimate of drug-likeness (QED) is 0.653. The van der Waals surface area contributed by atoms with Crippen LogP contribution < -0.4 is 0 Å². The molecule has 5 atom stereocenters. The van der Waals surface area contributed by atoms with E-state index in [-0.39, 0.29) is 6.61 Å². The van der Waals surface area contributed by atoms with Gasteiger partial charge in [0, 0.05) is 7.11 Å². The maximum atomic E-state index is 9.94. The van der Waals surface area contributed by atoms with Gasteiger partial charge in [-0.25, -0.2) is 0 Å². The Bertz CT molecular complexity index is 256. The molecule has 0 radical (unpaired) electrons. The molecule has 0 spiro atoms. The minimum atomic E-state index is -0.914. The minimum Gasteiger partial charge on any atom is -0.394 e. The molecule has 0 bridgehead atoms. The zero-order chi connectivity index (χ0) is 11.9. The van der Waals surface area contributed by atoms with E-state index in [1.165, 1.54) is 7.11 Å². The molecule has 2 heterocycles. The van der Waals surface area contributed by atoms with Gasteiger partial charge in [-0.2, -0.15) is 0 Å². The molecule has 2 aliphatic heterocycles. The Balaban J connectivity index is 2.18. The van der Waals surface area contributed by atoms with Crippen LogP contribution in [0.4, 0.5) is 0 Å². The molecule has 0 aromatic carbocycles. The number of aliphatic hydroxyl groups excluding tert-OH is 2. The first kappa shape index (κ1) is 12.2. The van der Waals surface area contributed by atoms with E-state index >= 15 is 0 Å².